The topological polar surface area (TPSA) is 74.8 Å². The van der Waals surface area contributed by atoms with E-state index in [1.54, 1.807) is 22.2 Å². The Labute approximate surface area is 155 Å². The SMILES string of the molecule is CC(C)N1C(=O)C2C(c3noc(C4(C)CC4)n3)N=CN2c2ccc(F)cc21. The van der Waals surface area contributed by atoms with Crippen LogP contribution in [0.15, 0.2) is 27.7 Å². The highest BCUT2D eigenvalue weighted by atomic mass is 19.1. The highest BCUT2D eigenvalue weighted by molar-refractivity contribution is 6.12. The van der Waals surface area contributed by atoms with E-state index >= 15 is 0 Å². The van der Waals surface area contributed by atoms with Crippen LogP contribution in [0, 0.1) is 5.82 Å². The third-order valence-electron chi connectivity index (χ3n) is 5.66. The molecule has 2 unspecified atom stereocenters. The molecular formula is C19H20FN5O2. The van der Waals surface area contributed by atoms with Crippen molar-refractivity contribution in [3.8, 4) is 0 Å². The summed E-state index contributed by atoms with van der Waals surface area (Å²) in [7, 11) is 0. The van der Waals surface area contributed by atoms with Gasteiger partial charge in [0.2, 0.25) is 5.89 Å². The minimum absolute atomic E-state index is 0.0437. The summed E-state index contributed by atoms with van der Waals surface area (Å²) in [5.74, 6) is 0.510. The van der Waals surface area contributed by atoms with Crippen LogP contribution in [0.3, 0.4) is 0 Å². The second kappa shape index (κ2) is 5.37. The number of hydrogen-bond donors (Lipinski definition) is 0. The van der Waals surface area contributed by atoms with Crippen LogP contribution in [0.25, 0.3) is 0 Å². The number of aliphatic imine (C=N–C) groups is 1. The summed E-state index contributed by atoms with van der Waals surface area (Å²) >= 11 is 0. The summed E-state index contributed by atoms with van der Waals surface area (Å²) in [5, 5.41) is 4.11. The molecule has 0 spiro atoms. The van der Waals surface area contributed by atoms with E-state index < -0.39 is 12.1 Å². The van der Waals surface area contributed by atoms with E-state index in [-0.39, 0.29) is 23.2 Å². The number of anilines is 2. The molecule has 1 amide bonds. The molecule has 0 N–H and O–H groups in total. The first-order valence-corrected chi connectivity index (χ1v) is 9.17. The smallest absolute Gasteiger partial charge is 0.253 e. The maximum absolute atomic E-state index is 13.8. The van der Waals surface area contributed by atoms with E-state index in [9.17, 15) is 9.18 Å². The summed E-state index contributed by atoms with van der Waals surface area (Å²) in [6.45, 7) is 5.91. The lowest BCUT2D eigenvalue weighted by molar-refractivity contribution is -0.120. The molecule has 1 fully saturated rings. The number of amides is 1. The summed E-state index contributed by atoms with van der Waals surface area (Å²) in [6, 6.07) is 3.21. The molecule has 0 bridgehead atoms. The standard InChI is InChI=1S/C19H20FN5O2/c1-10(2)25-13-8-11(20)4-5-12(13)24-9-21-14(15(24)17(25)26)16-22-18(27-23-16)19(3)6-7-19/h4-5,8-10,14-15H,6-7H2,1-3H3. The first kappa shape index (κ1) is 16.4. The minimum Gasteiger partial charge on any atom is -0.339 e. The molecule has 2 atom stereocenters. The van der Waals surface area contributed by atoms with Crippen LogP contribution < -0.4 is 9.80 Å². The van der Waals surface area contributed by atoms with Gasteiger partial charge < -0.3 is 14.3 Å². The number of rotatable bonds is 3. The van der Waals surface area contributed by atoms with Crippen molar-refractivity contribution in [1.29, 1.82) is 0 Å². The van der Waals surface area contributed by atoms with Crippen molar-refractivity contribution >= 4 is 23.6 Å². The van der Waals surface area contributed by atoms with E-state index in [1.807, 2.05) is 13.8 Å². The fraction of sp³-hybridized carbons (Fsp3) is 0.474. The molecule has 2 aromatic rings. The highest BCUT2D eigenvalue weighted by Gasteiger charge is 2.50. The van der Waals surface area contributed by atoms with Gasteiger partial charge in [0.05, 0.1) is 17.7 Å². The third-order valence-corrected chi connectivity index (χ3v) is 5.66. The number of aromatic nitrogens is 2. The van der Waals surface area contributed by atoms with E-state index in [1.165, 1.54) is 12.1 Å². The van der Waals surface area contributed by atoms with Crippen LogP contribution in [0.2, 0.25) is 0 Å². The molecule has 1 aromatic heterocycles. The molecule has 1 aromatic carbocycles. The molecule has 8 heteroatoms. The Balaban J connectivity index is 1.56. The molecule has 1 aliphatic carbocycles. The fourth-order valence-electron chi connectivity index (χ4n) is 3.83. The van der Waals surface area contributed by atoms with Crippen LogP contribution >= 0.6 is 0 Å². The third kappa shape index (κ3) is 2.32. The first-order valence-electron chi connectivity index (χ1n) is 9.17. The molecule has 0 radical (unpaired) electrons. The molecule has 2 aliphatic heterocycles. The lowest BCUT2D eigenvalue weighted by atomic mass is 9.99. The van der Waals surface area contributed by atoms with Gasteiger partial charge >= 0.3 is 0 Å². The van der Waals surface area contributed by atoms with Gasteiger partial charge in [-0.25, -0.2) is 4.39 Å². The maximum Gasteiger partial charge on any atom is 0.253 e. The number of halogens is 1. The van der Waals surface area contributed by atoms with Gasteiger partial charge in [-0.15, -0.1) is 0 Å². The number of hydrogen-bond acceptors (Lipinski definition) is 6. The number of fused-ring (bicyclic) bond motifs is 3. The van der Waals surface area contributed by atoms with Gasteiger partial charge in [-0.3, -0.25) is 9.79 Å². The van der Waals surface area contributed by atoms with Crippen LogP contribution in [0.4, 0.5) is 15.8 Å². The molecule has 27 heavy (non-hydrogen) atoms. The van der Waals surface area contributed by atoms with Crippen LogP contribution in [0.5, 0.6) is 0 Å². The summed E-state index contributed by atoms with van der Waals surface area (Å²) in [5.41, 5.74) is 1.26. The van der Waals surface area contributed by atoms with E-state index in [4.69, 9.17) is 4.52 Å². The Morgan fingerprint density at radius 2 is 2.07 bits per heavy atom. The molecule has 7 nitrogen and oxygen atoms in total. The number of carbonyl (C=O) groups is 1. The van der Waals surface area contributed by atoms with Crippen molar-refractivity contribution in [2.45, 2.75) is 57.2 Å². The Morgan fingerprint density at radius 3 is 2.78 bits per heavy atom. The molecular weight excluding hydrogens is 349 g/mol. The van der Waals surface area contributed by atoms with Crippen molar-refractivity contribution in [3.05, 3.63) is 35.7 Å². The molecule has 5 rings (SSSR count). The predicted octanol–water partition coefficient (Wildman–Crippen LogP) is 2.97. The molecule has 0 saturated heterocycles. The van der Waals surface area contributed by atoms with Gasteiger partial charge in [-0.2, -0.15) is 4.98 Å². The second-order valence-corrected chi connectivity index (χ2v) is 8.01. The van der Waals surface area contributed by atoms with Crippen LogP contribution in [-0.4, -0.2) is 34.5 Å². The van der Waals surface area contributed by atoms with E-state index in [0.717, 1.165) is 18.5 Å². The fourth-order valence-corrected chi connectivity index (χ4v) is 3.83. The maximum atomic E-state index is 13.8. The van der Waals surface area contributed by atoms with Crippen molar-refractivity contribution in [1.82, 2.24) is 10.1 Å². The quantitative estimate of drug-likeness (QED) is 0.831. The van der Waals surface area contributed by atoms with E-state index in [2.05, 4.69) is 22.1 Å². The largest absolute Gasteiger partial charge is 0.339 e. The Morgan fingerprint density at radius 1 is 1.30 bits per heavy atom. The average Bonchev–Trinajstić information content (AvgIpc) is 3.05. The average molecular weight is 369 g/mol. The number of nitrogens with zero attached hydrogens (tertiary/aromatic N) is 5. The van der Waals surface area contributed by atoms with Gasteiger partial charge in [0, 0.05) is 11.5 Å². The second-order valence-electron chi connectivity index (χ2n) is 8.01. The van der Waals surface area contributed by atoms with Gasteiger partial charge in [0.25, 0.3) is 5.91 Å². The minimum atomic E-state index is -0.595. The normalized spacial score (nSPS) is 25.1. The van der Waals surface area contributed by atoms with Crippen LogP contribution in [0.1, 0.15) is 51.4 Å². The Kier molecular flexibility index (Phi) is 3.26. The lowest BCUT2D eigenvalue weighted by Crippen LogP contribution is -2.55. The molecule has 140 valence electrons. The van der Waals surface area contributed by atoms with Crippen molar-refractivity contribution in [3.63, 3.8) is 0 Å². The summed E-state index contributed by atoms with van der Waals surface area (Å²) in [6.07, 6.45) is 3.67. The molecule has 1 saturated carbocycles. The molecule has 3 heterocycles. The lowest BCUT2D eigenvalue weighted by Gasteiger charge is -2.41. The molecule has 3 aliphatic rings. The number of carbonyl (C=O) groups excluding carboxylic acids is 1. The van der Waals surface area contributed by atoms with Gasteiger partial charge in [0.15, 0.2) is 5.82 Å². The van der Waals surface area contributed by atoms with Crippen LogP contribution in [-0.2, 0) is 10.2 Å². The van der Waals surface area contributed by atoms with Gasteiger partial charge in [-0.1, -0.05) is 12.1 Å². The zero-order chi connectivity index (χ0) is 18.9. The predicted molar refractivity (Wildman–Crippen MR) is 97.4 cm³/mol. The Hall–Kier alpha value is -2.77. The van der Waals surface area contributed by atoms with Crippen molar-refractivity contribution in [2.24, 2.45) is 4.99 Å². The zero-order valence-corrected chi connectivity index (χ0v) is 15.4. The van der Waals surface area contributed by atoms with Crippen molar-refractivity contribution in [2.75, 3.05) is 9.80 Å². The van der Waals surface area contributed by atoms with Gasteiger partial charge in [0.1, 0.15) is 17.9 Å². The van der Waals surface area contributed by atoms with E-state index in [0.29, 0.717) is 17.4 Å². The zero-order valence-electron chi connectivity index (χ0n) is 15.4. The van der Waals surface area contributed by atoms with Crippen molar-refractivity contribution < 1.29 is 13.7 Å². The first-order chi connectivity index (χ1) is 12.9. The Bertz CT molecular complexity index is 965. The highest BCUT2D eigenvalue weighted by Crippen LogP contribution is 2.48. The van der Waals surface area contributed by atoms with Gasteiger partial charge in [-0.05, 0) is 44.9 Å². The summed E-state index contributed by atoms with van der Waals surface area (Å²) < 4.78 is 19.3. The number of benzene rings is 1. The summed E-state index contributed by atoms with van der Waals surface area (Å²) in [4.78, 5) is 25.8. The monoisotopic (exact) mass is 369 g/mol.